The smallest absolute Gasteiger partial charge is 0.0507 e. The van der Waals surface area contributed by atoms with Crippen LogP contribution in [0.4, 0.5) is 0 Å². The molecule has 0 bridgehead atoms. The van der Waals surface area contributed by atoms with E-state index < -0.39 is 0 Å². The fraction of sp³-hybridized carbons (Fsp3) is 0.429. The molecular weight excluding hydrogens is 243 g/mol. The summed E-state index contributed by atoms with van der Waals surface area (Å²) in [6, 6.07) is 4.28. The number of hydrogen-bond donors (Lipinski definition) is 0. The molecule has 0 N–H and O–H groups in total. The normalized spacial score (nSPS) is 11.9. The molecular formula is C7H9IS. The third kappa shape index (κ3) is 1.93. The first-order chi connectivity index (χ1) is 4.11. The lowest BCUT2D eigenvalue weighted by Gasteiger charge is -2.12. The Hall–Kier alpha value is 0.430. The van der Waals surface area contributed by atoms with E-state index in [9.17, 15) is 0 Å². The van der Waals surface area contributed by atoms with Gasteiger partial charge in [-0.05, 0) is 25.3 Å². The maximum absolute atomic E-state index is 2.45. The quantitative estimate of drug-likeness (QED) is 0.530. The van der Waals surface area contributed by atoms with Crippen molar-refractivity contribution < 1.29 is 0 Å². The Bertz CT molecular complexity index is 171. The van der Waals surface area contributed by atoms with Crippen LogP contribution < -0.4 is 0 Å². The molecule has 0 aliphatic rings. The average molecular weight is 252 g/mol. The monoisotopic (exact) mass is 252 g/mol. The molecule has 0 aromatic carbocycles. The lowest BCUT2D eigenvalue weighted by Crippen LogP contribution is -2.02. The molecule has 50 valence electrons. The summed E-state index contributed by atoms with van der Waals surface area (Å²) in [4.78, 5) is 1.45. The second kappa shape index (κ2) is 2.58. The minimum atomic E-state index is 0.311. The Morgan fingerprint density at radius 2 is 2.22 bits per heavy atom. The molecule has 0 aliphatic heterocycles. The van der Waals surface area contributed by atoms with E-state index in [0.717, 1.165) is 0 Å². The molecule has 0 unspecified atom stereocenters. The van der Waals surface area contributed by atoms with Crippen LogP contribution in [0.5, 0.6) is 0 Å². The molecule has 0 fully saturated rings. The van der Waals surface area contributed by atoms with Crippen LogP contribution >= 0.6 is 33.9 Å². The van der Waals surface area contributed by atoms with Gasteiger partial charge in [0.05, 0.1) is 3.42 Å². The van der Waals surface area contributed by atoms with Gasteiger partial charge in [-0.2, -0.15) is 0 Å². The standard InChI is InChI=1S/C7H9IS/c1-7(2,8)6-4-3-5-9-6/h3-5H,1-2H3. The van der Waals surface area contributed by atoms with Crippen LogP contribution in [0.1, 0.15) is 18.7 Å². The van der Waals surface area contributed by atoms with Gasteiger partial charge in [-0.1, -0.05) is 28.7 Å². The maximum atomic E-state index is 2.45. The van der Waals surface area contributed by atoms with Gasteiger partial charge in [0, 0.05) is 4.88 Å². The van der Waals surface area contributed by atoms with Crippen molar-refractivity contribution in [3.05, 3.63) is 22.4 Å². The van der Waals surface area contributed by atoms with Crippen LogP contribution in [-0.2, 0) is 3.42 Å². The van der Waals surface area contributed by atoms with Crippen molar-refractivity contribution in [2.45, 2.75) is 17.3 Å². The van der Waals surface area contributed by atoms with E-state index in [0.29, 0.717) is 3.42 Å². The Labute approximate surface area is 73.4 Å². The molecule has 0 atom stereocenters. The lowest BCUT2D eigenvalue weighted by atomic mass is 10.2. The second-order valence-electron chi connectivity index (χ2n) is 2.45. The molecule has 1 aromatic heterocycles. The highest BCUT2D eigenvalue weighted by molar-refractivity contribution is 14.1. The predicted molar refractivity (Wildman–Crippen MR) is 51.4 cm³/mol. The number of halogens is 1. The summed E-state index contributed by atoms with van der Waals surface area (Å²) in [7, 11) is 0. The van der Waals surface area contributed by atoms with Gasteiger partial charge in [0.2, 0.25) is 0 Å². The van der Waals surface area contributed by atoms with E-state index in [1.807, 2.05) is 11.3 Å². The molecule has 1 aromatic rings. The van der Waals surface area contributed by atoms with Crippen molar-refractivity contribution in [2.24, 2.45) is 0 Å². The minimum absolute atomic E-state index is 0.311. The number of rotatable bonds is 1. The average Bonchev–Trinajstić information content (AvgIpc) is 2.08. The van der Waals surface area contributed by atoms with Crippen LogP contribution in [-0.4, -0.2) is 0 Å². The Morgan fingerprint density at radius 3 is 2.44 bits per heavy atom. The van der Waals surface area contributed by atoms with E-state index >= 15 is 0 Å². The number of thiophene rings is 1. The summed E-state index contributed by atoms with van der Waals surface area (Å²) < 4.78 is 0.311. The molecule has 1 rings (SSSR count). The van der Waals surface area contributed by atoms with Crippen molar-refractivity contribution in [3.8, 4) is 0 Å². The first-order valence-electron chi connectivity index (χ1n) is 2.83. The van der Waals surface area contributed by atoms with Gasteiger partial charge in [0.15, 0.2) is 0 Å². The SMILES string of the molecule is CC(C)(I)c1cccs1. The summed E-state index contributed by atoms with van der Waals surface area (Å²) in [6.07, 6.45) is 0. The summed E-state index contributed by atoms with van der Waals surface area (Å²) in [5.74, 6) is 0. The molecule has 0 saturated carbocycles. The fourth-order valence-electron chi connectivity index (χ4n) is 0.617. The van der Waals surface area contributed by atoms with Gasteiger partial charge in [0.1, 0.15) is 0 Å². The molecule has 0 aliphatic carbocycles. The van der Waals surface area contributed by atoms with Crippen molar-refractivity contribution in [2.75, 3.05) is 0 Å². The van der Waals surface area contributed by atoms with Gasteiger partial charge in [-0.25, -0.2) is 0 Å². The first kappa shape index (κ1) is 7.54. The zero-order valence-electron chi connectivity index (χ0n) is 5.52. The van der Waals surface area contributed by atoms with Crippen LogP contribution in [0.25, 0.3) is 0 Å². The Kier molecular flexibility index (Phi) is 2.16. The first-order valence-corrected chi connectivity index (χ1v) is 4.79. The van der Waals surface area contributed by atoms with Gasteiger partial charge >= 0.3 is 0 Å². The van der Waals surface area contributed by atoms with E-state index in [1.165, 1.54) is 4.88 Å². The van der Waals surface area contributed by atoms with Crippen LogP contribution in [0.2, 0.25) is 0 Å². The third-order valence-electron chi connectivity index (χ3n) is 1.11. The van der Waals surface area contributed by atoms with Crippen molar-refractivity contribution in [1.82, 2.24) is 0 Å². The van der Waals surface area contributed by atoms with Crippen molar-refractivity contribution in [3.63, 3.8) is 0 Å². The number of alkyl halides is 1. The van der Waals surface area contributed by atoms with Crippen molar-refractivity contribution in [1.29, 1.82) is 0 Å². The van der Waals surface area contributed by atoms with Crippen LogP contribution in [0.3, 0.4) is 0 Å². The predicted octanol–water partition coefficient (Wildman–Crippen LogP) is 3.42. The van der Waals surface area contributed by atoms with E-state index in [2.05, 4.69) is 54.0 Å². The molecule has 0 saturated heterocycles. The molecule has 0 nitrogen and oxygen atoms in total. The highest BCUT2D eigenvalue weighted by Crippen LogP contribution is 2.33. The van der Waals surface area contributed by atoms with Crippen molar-refractivity contribution >= 4 is 33.9 Å². The molecule has 0 spiro atoms. The summed E-state index contributed by atoms with van der Waals surface area (Å²) >= 11 is 4.27. The van der Waals surface area contributed by atoms with Gasteiger partial charge in [-0.3, -0.25) is 0 Å². The highest BCUT2D eigenvalue weighted by atomic mass is 127. The van der Waals surface area contributed by atoms with Crippen LogP contribution in [0, 0.1) is 0 Å². The summed E-state index contributed by atoms with van der Waals surface area (Å²) in [5, 5.41) is 2.12. The number of hydrogen-bond acceptors (Lipinski definition) is 1. The molecule has 9 heavy (non-hydrogen) atoms. The zero-order chi connectivity index (χ0) is 6.91. The topological polar surface area (TPSA) is 0 Å². The minimum Gasteiger partial charge on any atom is -0.148 e. The molecule has 1 heterocycles. The van der Waals surface area contributed by atoms with Gasteiger partial charge in [0.25, 0.3) is 0 Å². The van der Waals surface area contributed by atoms with E-state index in [4.69, 9.17) is 0 Å². The Balaban J connectivity index is 2.90. The summed E-state index contributed by atoms with van der Waals surface area (Å²) in [5.41, 5.74) is 0. The maximum Gasteiger partial charge on any atom is 0.0507 e. The van der Waals surface area contributed by atoms with Crippen LogP contribution in [0.15, 0.2) is 17.5 Å². The Morgan fingerprint density at radius 1 is 1.56 bits per heavy atom. The van der Waals surface area contributed by atoms with E-state index in [1.54, 1.807) is 0 Å². The van der Waals surface area contributed by atoms with Gasteiger partial charge < -0.3 is 0 Å². The molecule has 2 heteroatoms. The second-order valence-corrected chi connectivity index (χ2v) is 6.09. The molecule has 0 radical (unpaired) electrons. The zero-order valence-corrected chi connectivity index (χ0v) is 8.49. The summed E-state index contributed by atoms with van der Waals surface area (Å²) in [6.45, 7) is 4.44. The van der Waals surface area contributed by atoms with E-state index in [-0.39, 0.29) is 0 Å². The lowest BCUT2D eigenvalue weighted by molar-refractivity contribution is 0.848. The fourth-order valence-corrected chi connectivity index (χ4v) is 1.92. The molecule has 0 amide bonds. The van der Waals surface area contributed by atoms with Gasteiger partial charge in [-0.15, -0.1) is 11.3 Å². The highest BCUT2D eigenvalue weighted by Gasteiger charge is 2.15. The third-order valence-corrected chi connectivity index (χ3v) is 3.25. The largest absolute Gasteiger partial charge is 0.148 e.